The Morgan fingerprint density at radius 1 is 1.31 bits per heavy atom. The molecule has 0 saturated heterocycles. The highest BCUT2D eigenvalue weighted by Crippen LogP contribution is 2.28. The Hall–Kier alpha value is -3.13. The molecule has 1 aliphatic rings. The Labute approximate surface area is 149 Å². The van der Waals surface area contributed by atoms with Crippen LogP contribution >= 0.6 is 0 Å². The minimum absolute atomic E-state index is 0.0161. The largest absolute Gasteiger partial charge is 0.337 e. The zero-order chi connectivity index (χ0) is 18.1. The average Bonchev–Trinajstić information content (AvgIpc) is 3.17. The summed E-state index contributed by atoms with van der Waals surface area (Å²) in [5, 5.41) is 15.0. The summed E-state index contributed by atoms with van der Waals surface area (Å²) in [6, 6.07) is 11.2. The van der Waals surface area contributed by atoms with Gasteiger partial charge in [0.25, 0.3) is 5.69 Å². The summed E-state index contributed by atoms with van der Waals surface area (Å²) in [7, 11) is 0. The van der Waals surface area contributed by atoms with Gasteiger partial charge in [0.05, 0.1) is 11.0 Å². The minimum atomic E-state index is -0.417. The summed E-state index contributed by atoms with van der Waals surface area (Å²) >= 11 is 0. The molecule has 0 saturated carbocycles. The molecule has 0 N–H and O–H groups in total. The van der Waals surface area contributed by atoms with E-state index in [0.717, 1.165) is 29.8 Å². The molecule has 3 heterocycles. The van der Waals surface area contributed by atoms with E-state index in [0.29, 0.717) is 18.3 Å². The standard InChI is InChI=1S/C18H17N5O3/c1-12(18-20-17(21-26-18)13-5-3-2-4-6-13)22-8-7-16-14(11-22)9-15(10-19-16)23(24)25/h2-6,9-10,12H,7-8,11H2,1H3/t12-/m1/s1. The fourth-order valence-corrected chi connectivity index (χ4v) is 3.13. The molecule has 0 aliphatic carbocycles. The smallest absolute Gasteiger partial charge is 0.287 e. The van der Waals surface area contributed by atoms with E-state index in [1.807, 2.05) is 37.3 Å². The minimum Gasteiger partial charge on any atom is -0.337 e. The predicted molar refractivity (Wildman–Crippen MR) is 93.2 cm³/mol. The monoisotopic (exact) mass is 351 g/mol. The van der Waals surface area contributed by atoms with Crippen LogP contribution in [0.3, 0.4) is 0 Å². The van der Waals surface area contributed by atoms with Gasteiger partial charge >= 0.3 is 0 Å². The molecule has 1 atom stereocenters. The van der Waals surface area contributed by atoms with Crippen LogP contribution in [0.5, 0.6) is 0 Å². The molecule has 8 heteroatoms. The number of rotatable bonds is 4. The third-order valence-electron chi connectivity index (χ3n) is 4.64. The maximum absolute atomic E-state index is 11.0. The molecule has 8 nitrogen and oxygen atoms in total. The second-order valence-electron chi connectivity index (χ2n) is 6.28. The van der Waals surface area contributed by atoms with Crippen molar-refractivity contribution in [2.75, 3.05) is 6.54 Å². The van der Waals surface area contributed by atoms with Gasteiger partial charge in [-0.15, -0.1) is 0 Å². The van der Waals surface area contributed by atoms with Gasteiger partial charge in [-0.25, -0.2) is 0 Å². The first-order chi connectivity index (χ1) is 12.6. The first kappa shape index (κ1) is 16.3. The van der Waals surface area contributed by atoms with Crippen molar-refractivity contribution in [3.8, 4) is 11.4 Å². The van der Waals surface area contributed by atoms with Gasteiger partial charge < -0.3 is 4.52 Å². The van der Waals surface area contributed by atoms with Crippen LogP contribution in [0.4, 0.5) is 5.69 Å². The summed E-state index contributed by atoms with van der Waals surface area (Å²) < 4.78 is 5.46. The van der Waals surface area contributed by atoms with Crippen molar-refractivity contribution in [1.29, 1.82) is 0 Å². The molecule has 0 amide bonds. The summed E-state index contributed by atoms with van der Waals surface area (Å²) in [6.45, 7) is 3.34. The second-order valence-corrected chi connectivity index (χ2v) is 6.28. The molecule has 2 aromatic heterocycles. The van der Waals surface area contributed by atoms with Gasteiger partial charge in [0, 0.05) is 36.8 Å². The molecule has 1 aliphatic heterocycles. The number of nitrogens with zero attached hydrogens (tertiary/aromatic N) is 5. The van der Waals surface area contributed by atoms with Crippen LogP contribution in [-0.4, -0.2) is 31.5 Å². The van der Waals surface area contributed by atoms with Gasteiger partial charge in [-0.2, -0.15) is 4.98 Å². The highest BCUT2D eigenvalue weighted by Gasteiger charge is 2.27. The van der Waals surface area contributed by atoms with E-state index < -0.39 is 4.92 Å². The fraction of sp³-hybridized carbons (Fsp3) is 0.278. The Morgan fingerprint density at radius 2 is 2.12 bits per heavy atom. The van der Waals surface area contributed by atoms with E-state index in [2.05, 4.69) is 20.0 Å². The maximum Gasteiger partial charge on any atom is 0.287 e. The van der Waals surface area contributed by atoms with Gasteiger partial charge in [-0.1, -0.05) is 35.5 Å². The Morgan fingerprint density at radius 3 is 2.88 bits per heavy atom. The molecule has 0 unspecified atom stereocenters. The SMILES string of the molecule is C[C@H](c1nc(-c2ccccc2)no1)N1CCc2ncc([N+](=O)[O-])cc2C1. The van der Waals surface area contributed by atoms with E-state index in [1.165, 1.54) is 6.20 Å². The molecule has 0 fully saturated rings. The molecular weight excluding hydrogens is 334 g/mol. The normalized spacial score (nSPS) is 15.4. The predicted octanol–water partition coefficient (Wildman–Crippen LogP) is 3.16. The zero-order valence-electron chi connectivity index (χ0n) is 14.2. The van der Waals surface area contributed by atoms with Gasteiger partial charge in [0.1, 0.15) is 6.20 Å². The molecule has 132 valence electrons. The highest BCUT2D eigenvalue weighted by molar-refractivity contribution is 5.53. The van der Waals surface area contributed by atoms with Gasteiger partial charge in [0.15, 0.2) is 0 Å². The van der Waals surface area contributed by atoms with Crippen LogP contribution in [0.1, 0.15) is 30.1 Å². The second kappa shape index (κ2) is 6.64. The number of nitro groups is 1. The maximum atomic E-state index is 11.0. The van der Waals surface area contributed by atoms with E-state index in [1.54, 1.807) is 6.07 Å². The lowest BCUT2D eigenvalue weighted by atomic mass is 10.0. The van der Waals surface area contributed by atoms with Crippen LogP contribution < -0.4 is 0 Å². The quantitative estimate of drug-likeness (QED) is 0.526. The van der Waals surface area contributed by atoms with Crippen LogP contribution in [-0.2, 0) is 13.0 Å². The number of hydrogen-bond acceptors (Lipinski definition) is 7. The number of aromatic nitrogens is 3. The first-order valence-electron chi connectivity index (χ1n) is 8.37. The fourth-order valence-electron chi connectivity index (χ4n) is 3.13. The Kier molecular flexibility index (Phi) is 4.18. The molecule has 26 heavy (non-hydrogen) atoms. The zero-order valence-corrected chi connectivity index (χ0v) is 14.2. The van der Waals surface area contributed by atoms with Crippen molar-refractivity contribution < 1.29 is 9.45 Å². The molecule has 1 aromatic carbocycles. The number of benzene rings is 1. The number of pyridine rings is 1. The first-order valence-corrected chi connectivity index (χ1v) is 8.37. The van der Waals surface area contributed by atoms with Crippen LogP contribution in [0.2, 0.25) is 0 Å². The molecule has 0 spiro atoms. The summed E-state index contributed by atoms with van der Waals surface area (Å²) in [5.74, 6) is 1.09. The topological polar surface area (TPSA) is 98.2 Å². The van der Waals surface area contributed by atoms with Crippen molar-refractivity contribution in [2.24, 2.45) is 0 Å². The summed E-state index contributed by atoms with van der Waals surface area (Å²) in [6.07, 6.45) is 2.05. The van der Waals surface area contributed by atoms with Crippen molar-refractivity contribution in [2.45, 2.75) is 25.9 Å². The number of hydrogen-bond donors (Lipinski definition) is 0. The Bertz CT molecular complexity index is 941. The summed E-state index contributed by atoms with van der Waals surface area (Å²) in [4.78, 5) is 21.5. The molecule has 0 radical (unpaired) electrons. The third-order valence-corrected chi connectivity index (χ3v) is 4.64. The highest BCUT2D eigenvalue weighted by atomic mass is 16.6. The average molecular weight is 351 g/mol. The lowest BCUT2D eigenvalue weighted by molar-refractivity contribution is -0.385. The van der Waals surface area contributed by atoms with Crippen LogP contribution in [0.15, 0.2) is 47.1 Å². The van der Waals surface area contributed by atoms with Crippen molar-refractivity contribution >= 4 is 5.69 Å². The van der Waals surface area contributed by atoms with E-state index in [4.69, 9.17) is 4.52 Å². The molecule has 4 rings (SSSR count). The third kappa shape index (κ3) is 3.06. The Balaban J connectivity index is 1.54. The lowest BCUT2D eigenvalue weighted by Gasteiger charge is -2.31. The lowest BCUT2D eigenvalue weighted by Crippen LogP contribution is -2.33. The van der Waals surface area contributed by atoms with E-state index >= 15 is 0 Å². The van der Waals surface area contributed by atoms with E-state index in [-0.39, 0.29) is 11.7 Å². The van der Waals surface area contributed by atoms with Crippen LogP contribution in [0.25, 0.3) is 11.4 Å². The van der Waals surface area contributed by atoms with Crippen molar-refractivity contribution in [3.05, 3.63) is 69.9 Å². The van der Waals surface area contributed by atoms with Crippen LogP contribution in [0, 0.1) is 10.1 Å². The van der Waals surface area contributed by atoms with Crippen molar-refractivity contribution in [3.63, 3.8) is 0 Å². The number of fused-ring (bicyclic) bond motifs is 1. The molecule has 3 aromatic rings. The molecule has 0 bridgehead atoms. The van der Waals surface area contributed by atoms with Crippen molar-refractivity contribution in [1.82, 2.24) is 20.0 Å². The summed E-state index contributed by atoms with van der Waals surface area (Å²) in [5.41, 5.74) is 2.70. The van der Waals surface area contributed by atoms with E-state index in [9.17, 15) is 10.1 Å². The van der Waals surface area contributed by atoms with Gasteiger partial charge in [-0.05, 0) is 12.5 Å². The van der Waals surface area contributed by atoms with Gasteiger partial charge in [0.2, 0.25) is 11.7 Å². The molecular formula is C18H17N5O3. The van der Waals surface area contributed by atoms with Gasteiger partial charge in [-0.3, -0.25) is 20.0 Å².